The largest absolute Gasteiger partial charge is 0.270 e. The average molecular weight is 326 g/mol. The van der Waals surface area contributed by atoms with E-state index in [1.807, 2.05) is 16.8 Å². The highest BCUT2D eigenvalue weighted by Gasteiger charge is 2.20. The van der Waals surface area contributed by atoms with Gasteiger partial charge in [0.25, 0.3) is 5.69 Å². The maximum atomic E-state index is 12.2. The number of non-ortho nitro benzene ring substituents is 1. The van der Waals surface area contributed by atoms with E-state index in [9.17, 15) is 18.5 Å². The molecule has 2 rings (SSSR count). The van der Waals surface area contributed by atoms with E-state index < -0.39 is 14.9 Å². The van der Waals surface area contributed by atoms with E-state index in [4.69, 9.17) is 0 Å². The van der Waals surface area contributed by atoms with Gasteiger partial charge in [0.15, 0.2) is 0 Å². The molecular weight excluding hydrogens is 312 g/mol. The van der Waals surface area contributed by atoms with Crippen LogP contribution >= 0.6 is 11.3 Å². The van der Waals surface area contributed by atoms with Crippen molar-refractivity contribution in [3.8, 4) is 0 Å². The van der Waals surface area contributed by atoms with Crippen molar-refractivity contribution in [3.63, 3.8) is 0 Å². The highest BCUT2D eigenvalue weighted by molar-refractivity contribution is 7.89. The maximum absolute atomic E-state index is 12.2. The average Bonchev–Trinajstić information content (AvgIpc) is 2.91. The molecule has 0 aliphatic rings. The van der Waals surface area contributed by atoms with Crippen LogP contribution in [-0.4, -0.2) is 19.9 Å². The van der Waals surface area contributed by atoms with Crippen molar-refractivity contribution in [2.45, 2.75) is 18.2 Å². The molecule has 21 heavy (non-hydrogen) atoms. The molecule has 0 radical (unpaired) electrons. The highest BCUT2D eigenvalue weighted by atomic mass is 32.2. The Morgan fingerprint density at radius 1 is 1.33 bits per heavy atom. The summed E-state index contributed by atoms with van der Waals surface area (Å²) in [6.07, 6.45) is 0.580. The molecule has 0 saturated heterocycles. The third-order valence-corrected chi connectivity index (χ3v) is 5.29. The van der Waals surface area contributed by atoms with E-state index in [1.165, 1.54) is 12.1 Å². The van der Waals surface area contributed by atoms with Gasteiger partial charge in [0, 0.05) is 18.7 Å². The standard InChI is InChI=1S/C13H14N2O4S2/c1-10-2-3-12(15(16)17)8-13(10)21(18,19)14-6-4-11-5-7-20-9-11/h2-3,5,7-9,14H,4,6H2,1H3. The Morgan fingerprint density at radius 3 is 2.71 bits per heavy atom. The van der Waals surface area contributed by atoms with Crippen molar-refractivity contribution in [2.24, 2.45) is 0 Å². The Bertz CT molecular complexity index is 740. The molecule has 0 amide bonds. The lowest BCUT2D eigenvalue weighted by atomic mass is 10.2. The minimum atomic E-state index is -3.75. The molecular formula is C13H14N2O4S2. The number of rotatable bonds is 6. The molecule has 0 aliphatic heterocycles. The Balaban J connectivity index is 2.15. The van der Waals surface area contributed by atoms with Gasteiger partial charge in [0.05, 0.1) is 9.82 Å². The number of nitro benzene ring substituents is 1. The quantitative estimate of drug-likeness (QED) is 0.652. The summed E-state index contributed by atoms with van der Waals surface area (Å²) in [5, 5.41) is 14.6. The van der Waals surface area contributed by atoms with Crippen LogP contribution in [0.5, 0.6) is 0 Å². The number of benzene rings is 1. The number of nitrogens with one attached hydrogen (secondary N) is 1. The number of sulfonamides is 1. The normalized spacial score (nSPS) is 11.5. The molecule has 6 nitrogen and oxygen atoms in total. The molecule has 0 saturated carbocycles. The number of thiophene rings is 1. The molecule has 0 unspecified atom stereocenters. The van der Waals surface area contributed by atoms with E-state index in [0.717, 1.165) is 11.6 Å². The van der Waals surface area contributed by atoms with Crippen LogP contribution in [-0.2, 0) is 16.4 Å². The Hall–Kier alpha value is -1.77. The van der Waals surface area contributed by atoms with E-state index >= 15 is 0 Å². The van der Waals surface area contributed by atoms with Gasteiger partial charge in [-0.05, 0) is 41.3 Å². The van der Waals surface area contributed by atoms with Crippen LogP contribution < -0.4 is 4.72 Å². The molecule has 112 valence electrons. The van der Waals surface area contributed by atoms with E-state index in [1.54, 1.807) is 18.3 Å². The van der Waals surface area contributed by atoms with Gasteiger partial charge in [-0.1, -0.05) is 6.07 Å². The topological polar surface area (TPSA) is 89.3 Å². The van der Waals surface area contributed by atoms with E-state index in [-0.39, 0.29) is 17.1 Å². The fourth-order valence-corrected chi connectivity index (χ4v) is 3.83. The van der Waals surface area contributed by atoms with Crippen molar-refractivity contribution in [3.05, 3.63) is 56.3 Å². The Morgan fingerprint density at radius 2 is 2.10 bits per heavy atom. The van der Waals surface area contributed by atoms with Crippen molar-refractivity contribution < 1.29 is 13.3 Å². The van der Waals surface area contributed by atoms with Gasteiger partial charge < -0.3 is 0 Å². The van der Waals surface area contributed by atoms with Crippen LogP contribution in [0, 0.1) is 17.0 Å². The SMILES string of the molecule is Cc1ccc([N+](=O)[O-])cc1S(=O)(=O)NCCc1ccsc1. The summed E-state index contributed by atoms with van der Waals surface area (Å²) in [6.45, 7) is 1.86. The molecule has 1 aromatic heterocycles. The third kappa shape index (κ3) is 3.87. The lowest BCUT2D eigenvalue weighted by molar-refractivity contribution is -0.385. The summed E-state index contributed by atoms with van der Waals surface area (Å²) in [6, 6.07) is 5.74. The summed E-state index contributed by atoms with van der Waals surface area (Å²) in [4.78, 5) is 10.1. The lowest BCUT2D eigenvalue weighted by Gasteiger charge is -2.08. The molecule has 0 fully saturated rings. The van der Waals surface area contributed by atoms with Crippen LogP contribution in [0.25, 0.3) is 0 Å². The minimum Gasteiger partial charge on any atom is -0.258 e. The first-order valence-corrected chi connectivity index (χ1v) is 8.58. The molecule has 1 aromatic carbocycles. The zero-order valence-electron chi connectivity index (χ0n) is 11.3. The van der Waals surface area contributed by atoms with Crippen molar-refractivity contribution >= 4 is 27.0 Å². The summed E-state index contributed by atoms with van der Waals surface area (Å²) in [7, 11) is -3.75. The van der Waals surface area contributed by atoms with Gasteiger partial charge >= 0.3 is 0 Å². The molecule has 0 atom stereocenters. The number of nitro groups is 1. The van der Waals surface area contributed by atoms with Crippen molar-refractivity contribution in [1.29, 1.82) is 0 Å². The van der Waals surface area contributed by atoms with Gasteiger partial charge in [-0.25, -0.2) is 13.1 Å². The van der Waals surface area contributed by atoms with Crippen molar-refractivity contribution in [1.82, 2.24) is 4.72 Å². The highest BCUT2D eigenvalue weighted by Crippen LogP contribution is 2.21. The van der Waals surface area contributed by atoms with Crippen LogP contribution in [0.4, 0.5) is 5.69 Å². The van der Waals surface area contributed by atoms with Gasteiger partial charge in [-0.3, -0.25) is 10.1 Å². The number of hydrogen-bond donors (Lipinski definition) is 1. The molecule has 1 heterocycles. The fraction of sp³-hybridized carbons (Fsp3) is 0.231. The molecule has 8 heteroatoms. The second-order valence-electron chi connectivity index (χ2n) is 4.49. The summed E-state index contributed by atoms with van der Waals surface area (Å²) >= 11 is 1.55. The van der Waals surface area contributed by atoms with Crippen LogP contribution in [0.2, 0.25) is 0 Å². The predicted octanol–water partition coefficient (Wildman–Crippen LogP) is 2.49. The molecule has 2 aromatic rings. The van der Waals surface area contributed by atoms with E-state index in [2.05, 4.69) is 4.72 Å². The predicted molar refractivity (Wildman–Crippen MR) is 81.0 cm³/mol. The summed E-state index contributed by atoms with van der Waals surface area (Å²) in [5.74, 6) is 0. The van der Waals surface area contributed by atoms with Crippen LogP contribution in [0.1, 0.15) is 11.1 Å². The van der Waals surface area contributed by atoms with Gasteiger partial charge in [0.1, 0.15) is 0 Å². The van der Waals surface area contributed by atoms with Gasteiger partial charge in [0.2, 0.25) is 10.0 Å². The molecule has 1 N–H and O–H groups in total. The third-order valence-electron chi connectivity index (χ3n) is 2.96. The van der Waals surface area contributed by atoms with Gasteiger partial charge in [-0.2, -0.15) is 11.3 Å². The Kier molecular flexibility index (Phi) is 4.71. The maximum Gasteiger partial charge on any atom is 0.270 e. The summed E-state index contributed by atoms with van der Waals surface area (Å²) in [5.41, 5.74) is 1.29. The first-order valence-electron chi connectivity index (χ1n) is 6.16. The van der Waals surface area contributed by atoms with Gasteiger partial charge in [-0.15, -0.1) is 0 Å². The summed E-state index contributed by atoms with van der Waals surface area (Å²) < 4.78 is 26.9. The number of nitrogens with zero attached hydrogens (tertiary/aromatic N) is 1. The second-order valence-corrected chi connectivity index (χ2v) is 7.00. The van der Waals surface area contributed by atoms with Crippen molar-refractivity contribution in [2.75, 3.05) is 6.54 Å². The molecule has 0 bridgehead atoms. The first-order chi connectivity index (χ1) is 9.90. The monoisotopic (exact) mass is 326 g/mol. The van der Waals surface area contributed by atoms with E-state index in [0.29, 0.717) is 12.0 Å². The van der Waals surface area contributed by atoms with Crippen LogP contribution in [0.15, 0.2) is 39.9 Å². The first kappa shape index (κ1) is 15.6. The zero-order chi connectivity index (χ0) is 15.5. The fourth-order valence-electron chi connectivity index (χ4n) is 1.83. The molecule has 0 aliphatic carbocycles. The zero-order valence-corrected chi connectivity index (χ0v) is 12.9. The minimum absolute atomic E-state index is 0.0537. The number of aryl methyl sites for hydroxylation is 1. The second kappa shape index (κ2) is 6.33. The smallest absolute Gasteiger partial charge is 0.258 e. The lowest BCUT2D eigenvalue weighted by Crippen LogP contribution is -2.26. The molecule has 0 spiro atoms. The number of hydrogen-bond acceptors (Lipinski definition) is 5. The Labute approximate surface area is 126 Å². The van der Waals surface area contributed by atoms with Crippen LogP contribution in [0.3, 0.4) is 0 Å².